The Bertz CT molecular complexity index is 269. The summed E-state index contributed by atoms with van der Waals surface area (Å²) in [7, 11) is 0. The zero-order chi connectivity index (χ0) is 14.9. The van der Waals surface area contributed by atoms with Gasteiger partial charge in [0.15, 0.2) is 0 Å². The number of nitrogens with two attached hydrogens (primary N) is 1. The highest BCUT2D eigenvalue weighted by atomic mass is 16.1. The highest BCUT2D eigenvalue weighted by Crippen LogP contribution is 2.07. The topological polar surface area (TPSA) is 43.1 Å². The van der Waals surface area contributed by atoms with Crippen molar-refractivity contribution in [2.75, 3.05) is 0 Å². The standard InChI is InChI=1S/C18H33NO/c1-2-3-4-5-6-7-8-9-10-11-12-13-14-15-16-17-18(19)20/h6-7,14-15H,2-5,8-13,16-17H2,1H3,(H2,19,20)/b7-6+,15-14+. The number of allylic oxidation sites excluding steroid dienone is 4. The Kier molecular flexibility index (Phi) is 15.2. The van der Waals surface area contributed by atoms with E-state index in [1.165, 1.54) is 57.8 Å². The van der Waals surface area contributed by atoms with Gasteiger partial charge in [0, 0.05) is 6.42 Å². The van der Waals surface area contributed by atoms with E-state index in [0.717, 1.165) is 12.8 Å². The van der Waals surface area contributed by atoms with E-state index in [1.807, 2.05) is 0 Å². The minimum atomic E-state index is -0.211. The molecule has 0 aliphatic carbocycles. The van der Waals surface area contributed by atoms with Crippen molar-refractivity contribution in [2.45, 2.75) is 84.0 Å². The van der Waals surface area contributed by atoms with Crippen molar-refractivity contribution in [3.8, 4) is 0 Å². The maximum Gasteiger partial charge on any atom is 0.217 e. The first-order valence-electron chi connectivity index (χ1n) is 8.35. The fraction of sp³-hybridized carbons (Fsp3) is 0.722. The molecule has 1 amide bonds. The molecule has 116 valence electrons. The molecule has 0 spiro atoms. The zero-order valence-electron chi connectivity index (χ0n) is 13.3. The number of carbonyl (C=O) groups excluding carboxylic acids is 1. The first kappa shape index (κ1) is 18.9. The van der Waals surface area contributed by atoms with Crippen LogP contribution in [0, 0.1) is 0 Å². The van der Waals surface area contributed by atoms with E-state index in [2.05, 4.69) is 31.2 Å². The Morgan fingerprint density at radius 3 is 1.65 bits per heavy atom. The van der Waals surface area contributed by atoms with Gasteiger partial charge in [-0.25, -0.2) is 0 Å². The average molecular weight is 279 g/mol. The first-order valence-corrected chi connectivity index (χ1v) is 8.35. The van der Waals surface area contributed by atoms with Crippen molar-refractivity contribution in [3.63, 3.8) is 0 Å². The maximum atomic E-state index is 10.5. The molecule has 20 heavy (non-hydrogen) atoms. The quantitative estimate of drug-likeness (QED) is 0.341. The van der Waals surface area contributed by atoms with E-state index in [9.17, 15) is 4.79 Å². The van der Waals surface area contributed by atoms with Crippen molar-refractivity contribution < 1.29 is 4.79 Å². The number of rotatable bonds is 14. The maximum absolute atomic E-state index is 10.5. The van der Waals surface area contributed by atoms with E-state index in [1.54, 1.807) is 0 Å². The molecule has 0 aromatic rings. The third-order valence-electron chi connectivity index (χ3n) is 3.36. The lowest BCUT2D eigenvalue weighted by Gasteiger charge is -1.97. The summed E-state index contributed by atoms with van der Waals surface area (Å²) in [5.74, 6) is -0.211. The normalized spacial score (nSPS) is 11.7. The van der Waals surface area contributed by atoms with Crippen molar-refractivity contribution in [3.05, 3.63) is 24.3 Å². The molecule has 0 aromatic carbocycles. The van der Waals surface area contributed by atoms with Crippen molar-refractivity contribution in [2.24, 2.45) is 5.73 Å². The van der Waals surface area contributed by atoms with Crippen LogP contribution in [0.2, 0.25) is 0 Å². The predicted molar refractivity (Wildman–Crippen MR) is 88.6 cm³/mol. The minimum absolute atomic E-state index is 0.211. The van der Waals surface area contributed by atoms with Crippen LogP contribution in [0.15, 0.2) is 24.3 Å². The van der Waals surface area contributed by atoms with E-state index in [4.69, 9.17) is 5.73 Å². The molecule has 2 nitrogen and oxygen atoms in total. The number of hydrogen-bond donors (Lipinski definition) is 1. The zero-order valence-corrected chi connectivity index (χ0v) is 13.3. The monoisotopic (exact) mass is 279 g/mol. The van der Waals surface area contributed by atoms with E-state index in [-0.39, 0.29) is 5.91 Å². The van der Waals surface area contributed by atoms with Crippen LogP contribution in [-0.4, -0.2) is 5.91 Å². The second-order valence-corrected chi connectivity index (χ2v) is 5.44. The Morgan fingerprint density at radius 2 is 1.20 bits per heavy atom. The van der Waals surface area contributed by atoms with Gasteiger partial charge in [-0.05, 0) is 44.9 Å². The van der Waals surface area contributed by atoms with Crippen LogP contribution in [0.1, 0.15) is 84.0 Å². The molecule has 0 aromatic heterocycles. The van der Waals surface area contributed by atoms with Crippen molar-refractivity contribution in [1.82, 2.24) is 0 Å². The molecule has 0 atom stereocenters. The molecule has 0 rings (SSSR count). The molecule has 0 bridgehead atoms. The summed E-state index contributed by atoms with van der Waals surface area (Å²) in [6, 6.07) is 0. The Morgan fingerprint density at radius 1 is 0.750 bits per heavy atom. The summed E-state index contributed by atoms with van der Waals surface area (Å²) in [6.07, 6.45) is 23.0. The SMILES string of the molecule is CCCCC/C=C/CCCCCC/C=C/CCC(N)=O. The third kappa shape index (κ3) is 16.9. The smallest absolute Gasteiger partial charge is 0.217 e. The van der Waals surface area contributed by atoms with Crippen LogP contribution in [0.5, 0.6) is 0 Å². The van der Waals surface area contributed by atoms with Crippen molar-refractivity contribution in [1.29, 1.82) is 0 Å². The first-order chi connectivity index (χ1) is 9.77. The van der Waals surface area contributed by atoms with Gasteiger partial charge in [0.05, 0.1) is 0 Å². The van der Waals surface area contributed by atoms with Gasteiger partial charge in [0.1, 0.15) is 0 Å². The number of carbonyl (C=O) groups is 1. The van der Waals surface area contributed by atoms with Crippen LogP contribution in [0.25, 0.3) is 0 Å². The van der Waals surface area contributed by atoms with Crippen LogP contribution >= 0.6 is 0 Å². The van der Waals surface area contributed by atoms with Crippen LogP contribution < -0.4 is 5.73 Å². The summed E-state index contributed by atoms with van der Waals surface area (Å²) >= 11 is 0. The van der Waals surface area contributed by atoms with Gasteiger partial charge in [-0.2, -0.15) is 0 Å². The second-order valence-electron chi connectivity index (χ2n) is 5.44. The van der Waals surface area contributed by atoms with Gasteiger partial charge in [-0.1, -0.05) is 56.9 Å². The lowest BCUT2D eigenvalue weighted by molar-refractivity contribution is -0.117. The van der Waals surface area contributed by atoms with Crippen LogP contribution in [-0.2, 0) is 4.79 Å². The number of primary amides is 1. The van der Waals surface area contributed by atoms with Gasteiger partial charge in [-0.3, -0.25) is 4.79 Å². The van der Waals surface area contributed by atoms with Gasteiger partial charge < -0.3 is 5.73 Å². The van der Waals surface area contributed by atoms with Gasteiger partial charge in [0.2, 0.25) is 5.91 Å². The predicted octanol–water partition coefficient (Wildman–Crippen LogP) is 5.29. The van der Waals surface area contributed by atoms with E-state index >= 15 is 0 Å². The highest BCUT2D eigenvalue weighted by molar-refractivity contribution is 5.73. The Labute approximate surface area is 125 Å². The largest absolute Gasteiger partial charge is 0.370 e. The van der Waals surface area contributed by atoms with Crippen LogP contribution in [0.3, 0.4) is 0 Å². The Hall–Kier alpha value is -1.05. The summed E-state index contributed by atoms with van der Waals surface area (Å²) in [5.41, 5.74) is 5.07. The summed E-state index contributed by atoms with van der Waals surface area (Å²) < 4.78 is 0. The lowest BCUT2D eigenvalue weighted by atomic mass is 10.1. The highest BCUT2D eigenvalue weighted by Gasteiger charge is 1.90. The van der Waals surface area contributed by atoms with Gasteiger partial charge in [0.25, 0.3) is 0 Å². The molecule has 0 aliphatic heterocycles. The molecule has 0 heterocycles. The summed E-state index contributed by atoms with van der Waals surface area (Å²) in [4.78, 5) is 10.5. The number of amides is 1. The molecule has 0 unspecified atom stereocenters. The van der Waals surface area contributed by atoms with Gasteiger partial charge in [-0.15, -0.1) is 0 Å². The molecular weight excluding hydrogens is 246 g/mol. The van der Waals surface area contributed by atoms with Crippen molar-refractivity contribution >= 4 is 5.91 Å². The molecule has 0 saturated carbocycles. The second kappa shape index (κ2) is 16.0. The molecular formula is C18H33NO. The number of hydrogen-bond acceptors (Lipinski definition) is 1. The molecule has 0 fully saturated rings. The van der Waals surface area contributed by atoms with Crippen LogP contribution in [0.4, 0.5) is 0 Å². The molecule has 0 aliphatic rings. The summed E-state index contributed by atoms with van der Waals surface area (Å²) in [6.45, 7) is 2.25. The lowest BCUT2D eigenvalue weighted by Crippen LogP contribution is -2.08. The molecule has 2 heteroatoms. The molecule has 0 saturated heterocycles. The number of unbranched alkanes of at least 4 members (excludes halogenated alkanes) is 8. The Balaban J connectivity index is 3.14. The third-order valence-corrected chi connectivity index (χ3v) is 3.36. The van der Waals surface area contributed by atoms with Gasteiger partial charge >= 0.3 is 0 Å². The van der Waals surface area contributed by atoms with E-state index in [0.29, 0.717) is 6.42 Å². The minimum Gasteiger partial charge on any atom is -0.370 e. The summed E-state index contributed by atoms with van der Waals surface area (Å²) in [5, 5.41) is 0. The average Bonchev–Trinajstić information content (AvgIpc) is 2.43. The fourth-order valence-electron chi connectivity index (χ4n) is 2.09. The van der Waals surface area contributed by atoms with E-state index < -0.39 is 0 Å². The fourth-order valence-corrected chi connectivity index (χ4v) is 2.09. The molecule has 0 radical (unpaired) electrons. The molecule has 2 N–H and O–H groups in total.